The molecule has 3 aliphatic rings. The van der Waals surface area contributed by atoms with Gasteiger partial charge in [-0.15, -0.1) is 0 Å². The monoisotopic (exact) mass is 306 g/mol. The Labute approximate surface area is 134 Å². The van der Waals surface area contributed by atoms with Crippen molar-refractivity contribution in [2.45, 2.75) is 65.5 Å². The third-order valence-corrected chi connectivity index (χ3v) is 5.33. The molecular formula is C18H30N2O2. The molecule has 2 aliphatic heterocycles. The van der Waals surface area contributed by atoms with E-state index in [1.54, 1.807) is 0 Å². The Balaban J connectivity index is 1.75. The summed E-state index contributed by atoms with van der Waals surface area (Å²) in [5, 5.41) is 0. The van der Waals surface area contributed by atoms with Crippen molar-refractivity contribution in [2.75, 3.05) is 13.2 Å². The van der Waals surface area contributed by atoms with Crippen LogP contribution in [0.15, 0.2) is 9.98 Å². The highest BCUT2D eigenvalue weighted by Crippen LogP contribution is 2.36. The highest BCUT2D eigenvalue weighted by Gasteiger charge is 2.40. The SMILES string of the molecule is CC(C)C1COC(C2CCCCC2C2=NC(C(C)C)CO2)=N1. The molecule has 1 saturated carbocycles. The predicted molar refractivity (Wildman–Crippen MR) is 89.5 cm³/mol. The molecule has 0 spiro atoms. The van der Waals surface area contributed by atoms with Crippen molar-refractivity contribution in [3.8, 4) is 0 Å². The van der Waals surface area contributed by atoms with E-state index in [-0.39, 0.29) is 0 Å². The molecule has 22 heavy (non-hydrogen) atoms. The van der Waals surface area contributed by atoms with Crippen molar-refractivity contribution in [1.29, 1.82) is 0 Å². The molecule has 4 nitrogen and oxygen atoms in total. The van der Waals surface area contributed by atoms with E-state index >= 15 is 0 Å². The number of ether oxygens (including phenoxy) is 2. The van der Waals surface area contributed by atoms with Crippen LogP contribution in [0.1, 0.15) is 53.4 Å². The average molecular weight is 306 g/mol. The van der Waals surface area contributed by atoms with Crippen LogP contribution in [0, 0.1) is 23.7 Å². The maximum Gasteiger partial charge on any atom is 0.187 e. The minimum Gasteiger partial charge on any atom is -0.478 e. The van der Waals surface area contributed by atoms with Gasteiger partial charge in [0.25, 0.3) is 0 Å². The van der Waals surface area contributed by atoms with Crippen LogP contribution in [0.2, 0.25) is 0 Å². The highest BCUT2D eigenvalue weighted by atomic mass is 16.5. The van der Waals surface area contributed by atoms with E-state index < -0.39 is 0 Å². The lowest BCUT2D eigenvalue weighted by molar-refractivity contribution is 0.228. The fourth-order valence-corrected chi connectivity index (χ4v) is 3.63. The standard InChI is InChI=1S/C18H30N2O2/c1-11(2)15-9-21-17(19-15)13-7-5-6-8-14(13)18-20-16(10-22-18)12(3)4/h11-16H,5-10H2,1-4H3. The summed E-state index contributed by atoms with van der Waals surface area (Å²) in [4.78, 5) is 9.74. The van der Waals surface area contributed by atoms with Gasteiger partial charge < -0.3 is 9.47 Å². The van der Waals surface area contributed by atoms with Crippen molar-refractivity contribution >= 4 is 11.8 Å². The fourth-order valence-electron chi connectivity index (χ4n) is 3.63. The molecule has 1 fully saturated rings. The van der Waals surface area contributed by atoms with Gasteiger partial charge in [0, 0.05) is 11.8 Å². The van der Waals surface area contributed by atoms with Gasteiger partial charge in [-0.2, -0.15) is 0 Å². The van der Waals surface area contributed by atoms with Gasteiger partial charge in [0.15, 0.2) is 11.8 Å². The van der Waals surface area contributed by atoms with Gasteiger partial charge in [0.05, 0.1) is 12.1 Å². The van der Waals surface area contributed by atoms with E-state index in [0.29, 0.717) is 35.8 Å². The molecule has 0 N–H and O–H groups in total. The third-order valence-electron chi connectivity index (χ3n) is 5.33. The maximum atomic E-state index is 5.97. The van der Waals surface area contributed by atoms with Gasteiger partial charge in [0.1, 0.15) is 13.2 Å². The second-order valence-electron chi connectivity index (χ2n) is 7.68. The van der Waals surface area contributed by atoms with Crippen molar-refractivity contribution in [3.63, 3.8) is 0 Å². The number of hydrogen-bond acceptors (Lipinski definition) is 4. The second kappa shape index (κ2) is 6.59. The minimum absolute atomic E-state index is 0.326. The summed E-state index contributed by atoms with van der Waals surface area (Å²) in [7, 11) is 0. The molecule has 3 rings (SSSR count). The molecule has 2 heterocycles. The first-order chi connectivity index (χ1) is 10.6. The van der Waals surface area contributed by atoms with Crippen molar-refractivity contribution in [3.05, 3.63) is 0 Å². The van der Waals surface area contributed by atoms with Gasteiger partial charge in [0.2, 0.25) is 0 Å². The largest absolute Gasteiger partial charge is 0.478 e. The quantitative estimate of drug-likeness (QED) is 0.795. The Morgan fingerprint density at radius 3 is 1.50 bits per heavy atom. The molecule has 0 bridgehead atoms. The van der Waals surface area contributed by atoms with Crippen LogP contribution in [-0.4, -0.2) is 37.1 Å². The summed E-state index contributed by atoms with van der Waals surface area (Å²) >= 11 is 0. The molecule has 0 saturated heterocycles. The zero-order valence-electron chi connectivity index (χ0n) is 14.4. The number of nitrogens with zero attached hydrogens (tertiary/aromatic N) is 2. The van der Waals surface area contributed by atoms with Gasteiger partial charge in [-0.3, -0.25) is 0 Å². The average Bonchev–Trinajstić information content (AvgIpc) is 3.17. The predicted octanol–water partition coefficient (Wildman–Crippen LogP) is 3.70. The second-order valence-corrected chi connectivity index (χ2v) is 7.68. The van der Waals surface area contributed by atoms with Gasteiger partial charge in [-0.1, -0.05) is 40.5 Å². The van der Waals surface area contributed by atoms with E-state index in [4.69, 9.17) is 19.5 Å². The number of hydrogen-bond donors (Lipinski definition) is 0. The smallest absolute Gasteiger partial charge is 0.187 e. The Morgan fingerprint density at radius 2 is 1.18 bits per heavy atom. The van der Waals surface area contributed by atoms with Crippen LogP contribution in [0.3, 0.4) is 0 Å². The molecule has 124 valence electrons. The van der Waals surface area contributed by atoms with E-state index in [0.717, 1.165) is 37.9 Å². The Morgan fingerprint density at radius 1 is 0.773 bits per heavy atom. The van der Waals surface area contributed by atoms with E-state index in [9.17, 15) is 0 Å². The zero-order chi connectivity index (χ0) is 15.7. The Bertz CT molecular complexity index is 414. The summed E-state index contributed by atoms with van der Waals surface area (Å²) in [6, 6.07) is 0.653. The van der Waals surface area contributed by atoms with Gasteiger partial charge in [-0.05, 0) is 24.7 Å². The van der Waals surface area contributed by atoms with Crippen LogP contribution in [0.25, 0.3) is 0 Å². The lowest BCUT2D eigenvalue weighted by Gasteiger charge is -2.30. The fraction of sp³-hybridized carbons (Fsp3) is 0.889. The van der Waals surface area contributed by atoms with E-state index in [1.807, 2.05) is 0 Å². The van der Waals surface area contributed by atoms with Crippen LogP contribution >= 0.6 is 0 Å². The summed E-state index contributed by atoms with van der Waals surface area (Å²) in [5.74, 6) is 3.80. The molecule has 0 aromatic heterocycles. The molecule has 4 unspecified atom stereocenters. The topological polar surface area (TPSA) is 43.2 Å². The van der Waals surface area contributed by atoms with Gasteiger partial charge >= 0.3 is 0 Å². The molecule has 0 aromatic carbocycles. The number of rotatable bonds is 4. The third kappa shape index (κ3) is 3.16. The van der Waals surface area contributed by atoms with Crippen molar-refractivity contribution < 1.29 is 9.47 Å². The maximum absolute atomic E-state index is 5.97. The molecule has 0 radical (unpaired) electrons. The van der Waals surface area contributed by atoms with E-state index in [1.165, 1.54) is 12.8 Å². The normalized spacial score (nSPS) is 35.4. The first-order valence-electron chi connectivity index (χ1n) is 8.97. The zero-order valence-corrected chi connectivity index (χ0v) is 14.4. The van der Waals surface area contributed by atoms with Crippen molar-refractivity contribution in [2.24, 2.45) is 33.7 Å². The molecule has 0 amide bonds. The first kappa shape index (κ1) is 15.8. The van der Waals surface area contributed by atoms with Crippen LogP contribution in [0.4, 0.5) is 0 Å². The van der Waals surface area contributed by atoms with Gasteiger partial charge in [-0.25, -0.2) is 9.98 Å². The molecule has 1 aliphatic carbocycles. The Kier molecular flexibility index (Phi) is 4.74. The Hall–Kier alpha value is -1.06. The van der Waals surface area contributed by atoms with Crippen LogP contribution < -0.4 is 0 Å². The first-order valence-corrected chi connectivity index (χ1v) is 8.97. The molecule has 4 atom stereocenters. The minimum atomic E-state index is 0.326. The van der Waals surface area contributed by atoms with Crippen LogP contribution in [0.5, 0.6) is 0 Å². The molecule has 0 aromatic rings. The summed E-state index contributed by atoms with van der Waals surface area (Å²) in [5.41, 5.74) is 0. The highest BCUT2D eigenvalue weighted by molar-refractivity contribution is 5.89. The lowest BCUT2D eigenvalue weighted by atomic mass is 9.78. The van der Waals surface area contributed by atoms with Crippen LogP contribution in [-0.2, 0) is 9.47 Å². The summed E-state index contributed by atoms with van der Waals surface area (Å²) in [6.45, 7) is 10.4. The molecule has 4 heteroatoms. The summed E-state index contributed by atoms with van der Waals surface area (Å²) in [6.07, 6.45) is 4.83. The van der Waals surface area contributed by atoms with Crippen molar-refractivity contribution in [1.82, 2.24) is 0 Å². The van der Waals surface area contributed by atoms with E-state index in [2.05, 4.69) is 27.7 Å². The summed E-state index contributed by atoms with van der Waals surface area (Å²) < 4.78 is 11.9. The molecular weight excluding hydrogens is 276 g/mol. The lowest BCUT2D eigenvalue weighted by Crippen LogP contribution is -2.33. The number of aliphatic imine (C=N–C) groups is 2.